The third kappa shape index (κ3) is 2.12. The molecular weight excluding hydrogens is 222 g/mol. The van der Waals surface area contributed by atoms with Crippen molar-refractivity contribution in [1.29, 1.82) is 0 Å². The molecule has 5 nitrogen and oxygen atoms in total. The molecule has 0 aliphatic carbocycles. The number of hydrogen-bond acceptors (Lipinski definition) is 5. The second-order valence-electron chi connectivity index (χ2n) is 3.56. The highest BCUT2D eigenvalue weighted by Crippen LogP contribution is 2.19. The van der Waals surface area contributed by atoms with Crippen LogP contribution < -0.4 is 5.73 Å². The Hall–Kier alpha value is -1.27. The third-order valence-corrected chi connectivity index (χ3v) is 3.11. The maximum atomic E-state index is 5.54. The van der Waals surface area contributed by atoms with Gasteiger partial charge >= 0.3 is 0 Å². The van der Waals surface area contributed by atoms with E-state index in [2.05, 4.69) is 22.0 Å². The Morgan fingerprint density at radius 3 is 2.88 bits per heavy atom. The summed E-state index contributed by atoms with van der Waals surface area (Å²) in [6.07, 6.45) is 1.95. The van der Waals surface area contributed by atoms with Gasteiger partial charge in [-0.2, -0.15) is 5.10 Å². The summed E-state index contributed by atoms with van der Waals surface area (Å²) in [5.41, 5.74) is 6.40. The molecule has 0 fully saturated rings. The van der Waals surface area contributed by atoms with Gasteiger partial charge in [-0.3, -0.25) is 0 Å². The minimum atomic E-state index is 0.477. The number of nitrogens with two attached hydrogens (primary N) is 1. The van der Waals surface area contributed by atoms with E-state index in [0.29, 0.717) is 6.54 Å². The van der Waals surface area contributed by atoms with Crippen molar-refractivity contribution < 1.29 is 0 Å². The summed E-state index contributed by atoms with van der Waals surface area (Å²) in [4.78, 5) is 8.88. The predicted octanol–water partition coefficient (Wildman–Crippen LogP) is 1.35. The van der Waals surface area contributed by atoms with Gasteiger partial charge in [0.05, 0.1) is 0 Å². The van der Waals surface area contributed by atoms with Gasteiger partial charge < -0.3 is 5.73 Å². The summed E-state index contributed by atoms with van der Waals surface area (Å²) in [6, 6.07) is 0. The van der Waals surface area contributed by atoms with Crippen LogP contribution in [0.15, 0.2) is 5.38 Å². The second-order valence-corrected chi connectivity index (χ2v) is 4.50. The van der Waals surface area contributed by atoms with Crippen LogP contribution in [0, 0.1) is 0 Å². The van der Waals surface area contributed by atoms with Crippen LogP contribution in [0.5, 0.6) is 0 Å². The number of hydrogen-bond donors (Lipinski definition) is 1. The Morgan fingerprint density at radius 2 is 2.25 bits per heavy atom. The van der Waals surface area contributed by atoms with Crippen LogP contribution in [-0.2, 0) is 20.0 Å². The molecule has 2 rings (SSSR count). The fourth-order valence-corrected chi connectivity index (χ4v) is 2.15. The van der Waals surface area contributed by atoms with Gasteiger partial charge in [0.25, 0.3) is 0 Å². The van der Waals surface area contributed by atoms with E-state index in [1.54, 1.807) is 16.0 Å². The van der Waals surface area contributed by atoms with E-state index < -0.39 is 0 Å². The molecule has 0 aromatic carbocycles. The third-order valence-electron chi connectivity index (χ3n) is 2.24. The largest absolute Gasteiger partial charge is 0.325 e. The molecule has 0 saturated carbocycles. The highest BCUT2D eigenvalue weighted by Gasteiger charge is 2.11. The van der Waals surface area contributed by atoms with Crippen molar-refractivity contribution in [3.63, 3.8) is 0 Å². The minimum Gasteiger partial charge on any atom is -0.325 e. The fraction of sp³-hybridized carbons (Fsp3) is 0.500. The van der Waals surface area contributed by atoms with Gasteiger partial charge in [0.15, 0.2) is 11.6 Å². The van der Waals surface area contributed by atoms with E-state index in [1.165, 1.54) is 0 Å². The fourth-order valence-electron chi connectivity index (χ4n) is 1.50. The predicted molar refractivity (Wildman–Crippen MR) is 64.0 cm³/mol. The van der Waals surface area contributed by atoms with Crippen LogP contribution in [-0.4, -0.2) is 19.7 Å². The van der Waals surface area contributed by atoms with Crippen molar-refractivity contribution in [3.05, 3.63) is 16.2 Å². The van der Waals surface area contributed by atoms with Gasteiger partial charge in [-0.25, -0.2) is 14.6 Å². The lowest BCUT2D eigenvalue weighted by Gasteiger charge is -1.93. The summed E-state index contributed by atoms with van der Waals surface area (Å²) >= 11 is 1.56. The maximum absolute atomic E-state index is 5.54. The number of aryl methyl sites for hydroxylation is 2. The summed E-state index contributed by atoms with van der Waals surface area (Å²) in [7, 11) is 1.89. The minimum absolute atomic E-state index is 0.477. The zero-order chi connectivity index (χ0) is 11.5. The molecule has 2 aromatic rings. The Kier molecular flexibility index (Phi) is 3.31. The summed E-state index contributed by atoms with van der Waals surface area (Å²) in [5.74, 6) is 1.70. The zero-order valence-corrected chi connectivity index (χ0v) is 10.3. The molecule has 0 saturated heterocycles. The van der Waals surface area contributed by atoms with E-state index >= 15 is 0 Å². The molecule has 86 valence electrons. The normalized spacial score (nSPS) is 10.9. The number of rotatable bonds is 4. The number of thiazole rings is 1. The molecule has 6 heteroatoms. The van der Waals surface area contributed by atoms with Gasteiger partial charge in [0.1, 0.15) is 10.7 Å². The molecule has 0 radical (unpaired) electrons. The van der Waals surface area contributed by atoms with E-state index in [-0.39, 0.29) is 0 Å². The van der Waals surface area contributed by atoms with Crippen molar-refractivity contribution in [2.24, 2.45) is 12.8 Å². The Bertz CT molecular complexity index is 473. The Morgan fingerprint density at radius 1 is 1.44 bits per heavy atom. The van der Waals surface area contributed by atoms with Crippen molar-refractivity contribution in [2.45, 2.75) is 26.3 Å². The lowest BCUT2D eigenvalue weighted by molar-refractivity contribution is 0.736. The summed E-state index contributed by atoms with van der Waals surface area (Å²) in [6.45, 7) is 2.59. The Balaban J connectivity index is 2.32. The molecule has 0 amide bonds. The van der Waals surface area contributed by atoms with Gasteiger partial charge in [-0.1, -0.05) is 6.92 Å². The van der Waals surface area contributed by atoms with Crippen LogP contribution in [0.25, 0.3) is 11.5 Å². The molecule has 0 aliphatic heterocycles. The lowest BCUT2D eigenvalue weighted by Crippen LogP contribution is -1.97. The van der Waals surface area contributed by atoms with Crippen molar-refractivity contribution in [2.75, 3.05) is 0 Å². The quantitative estimate of drug-likeness (QED) is 0.871. The molecular formula is C10H15N5S. The Labute approximate surface area is 98.3 Å². The lowest BCUT2D eigenvalue weighted by atomic mass is 10.3. The molecule has 0 aliphatic rings. The maximum Gasteiger partial charge on any atom is 0.177 e. The van der Waals surface area contributed by atoms with E-state index in [0.717, 1.165) is 35.2 Å². The number of aromatic nitrogens is 4. The van der Waals surface area contributed by atoms with Crippen LogP contribution in [0.4, 0.5) is 0 Å². The van der Waals surface area contributed by atoms with E-state index in [1.807, 2.05) is 12.4 Å². The first-order valence-corrected chi connectivity index (χ1v) is 6.17. The van der Waals surface area contributed by atoms with Crippen molar-refractivity contribution >= 4 is 11.3 Å². The molecule has 2 heterocycles. The zero-order valence-electron chi connectivity index (χ0n) is 9.47. The van der Waals surface area contributed by atoms with Gasteiger partial charge in [-0.15, -0.1) is 11.3 Å². The van der Waals surface area contributed by atoms with Crippen molar-refractivity contribution in [3.8, 4) is 11.5 Å². The molecule has 0 atom stereocenters. The van der Waals surface area contributed by atoms with Gasteiger partial charge in [0.2, 0.25) is 0 Å². The monoisotopic (exact) mass is 237 g/mol. The molecule has 0 unspecified atom stereocenters. The molecule has 2 N–H and O–H groups in total. The highest BCUT2D eigenvalue weighted by atomic mass is 32.1. The average molecular weight is 237 g/mol. The van der Waals surface area contributed by atoms with Gasteiger partial charge in [-0.05, 0) is 6.42 Å². The van der Waals surface area contributed by atoms with Crippen molar-refractivity contribution in [1.82, 2.24) is 19.7 Å². The SMILES string of the molecule is CCCc1nc(-c2csc(CN)n2)n(C)n1. The highest BCUT2D eigenvalue weighted by molar-refractivity contribution is 7.09. The standard InChI is InChI=1S/C10H15N5S/c1-3-4-8-13-10(15(2)14-8)7-6-16-9(5-11)12-7/h6H,3-5,11H2,1-2H3. The van der Waals surface area contributed by atoms with Crippen LogP contribution in [0.2, 0.25) is 0 Å². The number of nitrogens with zero attached hydrogens (tertiary/aromatic N) is 4. The first-order valence-electron chi connectivity index (χ1n) is 5.29. The van der Waals surface area contributed by atoms with Crippen LogP contribution >= 0.6 is 11.3 Å². The topological polar surface area (TPSA) is 69.6 Å². The van der Waals surface area contributed by atoms with E-state index in [9.17, 15) is 0 Å². The first-order chi connectivity index (χ1) is 7.74. The second kappa shape index (κ2) is 4.71. The summed E-state index contributed by atoms with van der Waals surface area (Å²) < 4.78 is 1.78. The summed E-state index contributed by atoms with van der Waals surface area (Å²) in [5, 5.41) is 7.25. The molecule has 16 heavy (non-hydrogen) atoms. The first kappa shape index (κ1) is 11.2. The smallest absolute Gasteiger partial charge is 0.177 e. The molecule has 0 bridgehead atoms. The van der Waals surface area contributed by atoms with Gasteiger partial charge in [0, 0.05) is 25.4 Å². The molecule has 2 aromatic heterocycles. The van der Waals surface area contributed by atoms with E-state index in [4.69, 9.17) is 5.73 Å². The van der Waals surface area contributed by atoms with Crippen LogP contribution in [0.1, 0.15) is 24.2 Å². The average Bonchev–Trinajstić information content (AvgIpc) is 2.85. The molecule has 0 spiro atoms. The van der Waals surface area contributed by atoms with Crippen LogP contribution in [0.3, 0.4) is 0 Å².